The number of nitrogens with one attached hydrogen (secondary N) is 2. The Morgan fingerprint density at radius 3 is 2.79 bits per heavy atom. The predicted octanol–water partition coefficient (Wildman–Crippen LogP) is 5.06. The number of fused-ring (bicyclic) bond motifs is 2. The van der Waals surface area contributed by atoms with Crippen LogP contribution in [0.4, 0.5) is 15.9 Å². The highest BCUT2D eigenvalue weighted by atomic mass is 19.1. The Morgan fingerprint density at radius 1 is 1.00 bits per heavy atom. The van der Waals surface area contributed by atoms with Crippen molar-refractivity contribution in [2.45, 2.75) is 0 Å². The molecule has 3 aromatic carbocycles. The Morgan fingerprint density at radius 2 is 1.90 bits per heavy atom. The third-order valence-corrected chi connectivity index (χ3v) is 4.70. The minimum Gasteiger partial charge on any atom is -0.497 e. The molecule has 5 aromatic rings. The Balaban J connectivity index is 1.67. The van der Waals surface area contributed by atoms with E-state index in [4.69, 9.17) is 4.74 Å². The molecule has 142 valence electrons. The molecule has 0 amide bonds. The minimum atomic E-state index is -0.383. The van der Waals surface area contributed by atoms with Gasteiger partial charge in [-0.1, -0.05) is 18.2 Å². The maximum atomic E-state index is 14.7. The van der Waals surface area contributed by atoms with Crippen molar-refractivity contribution in [3.05, 3.63) is 72.7 Å². The molecule has 6 nitrogen and oxygen atoms in total. The van der Waals surface area contributed by atoms with Crippen molar-refractivity contribution in [1.29, 1.82) is 0 Å². The van der Waals surface area contributed by atoms with Crippen molar-refractivity contribution >= 4 is 33.3 Å². The Kier molecular flexibility index (Phi) is 4.05. The molecule has 29 heavy (non-hydrogen) atoms. The molecule has 0 atom stereocenters. The first kappa shape index (κ1) is 17.1. The second-order valence-electron chi connectivity index (χ2n) is 6.56. The maximum Gasteiger partial charge on any atom is 0.162 e. The summed E-state index contributed by atoms with van der Waals surface area (Å²) < 4.78 is 20.0. The van der Waals surface area contributed by atoms with Gasteiger partial charge in [-0.15, -0.1) is 0 Å². The fourth-order valence-corrected chi connectivity index (χ4v) is 3.28. The predicted molar refractivity (Wildman–Crippen MR) is 111 cm³/mol. The van der Waals surface area contributed by atoms with Gasteiger partial charge < -0.3 is 10.1 Å². The van der Waals surface area contributed by atoms with E-state index in [0.29, 0.717) is 28.3 Å². The van der Waals surface area contributed by atoms with Crippen LogP contribution in [-0.2, 0) is 0 Å². The minimum absolute atomic E-state index is 0.339. The number of ether oxygens (including phenoxy) is 1. The molecule has 0 aliphatic heterocycles. The number of hydrogen-bond acceptors (Lipinski definition) is 5. The number of benzene rings is 3. The molecule has 7 heteroatoms. The van der Waals surface area contributed by atoms with E-state index in [1.807, 2.05) is 42.5 Å². The van der Waals surface area contributed by atoms with Crippen LogP contribution in [0.2, 0.25) is 0 Å². The summed E-state index contributed by atoms with van der Waals surface area (Å²) in [4.78, 5) is 9.19. The summed E-state index contributed by atoms with van der Waals surface area (Å²) in [5.41, 5.74) is 3.00. The van der Waals surface area contributed by atoms with Crippen molar-refractivity contribution in [3.63, 3.8) is 0 Å². The third-order valence-electron chi connectivity index (χ3n) is 4.70. The molecule has 5 rings (SSSR count). The Labute approximate surface area is 165 Å². The van der Waals surface area contributed by atoms with E-state index in [0.717, 1.165) is 22.2 Å². The molecule has 0 fully saturated rings. The molecular formula is C22H16FN5O. The number of rotatable bonds is 4. The van der Waals surface area contributed by atoms with Gasteiger partial charge in [0.15, 0.2) is 5.82 Å². The van der Waals surface area contributed by atoms with Crippen LogP contribution in [-0.4, -0.2) is 27.3 Å². The van der Waals surface area contributed by atoms with Crippen LogP contribution in [0.15, 0.2) is 66.9 Å². The SMILES string of the molecule is COc1cccc(-c2nc(Nc3ccc4[nH]ncc4c3)c3c(F)cccc3n2)c1. The quantitative estimate of drug-likeness (QED) is 0.452. The molecule has 0 unspecified atom stereocenters. The molecule has 0 aliphatic rings. The van der Waals surface area contributed by atoms with E-state index in [1.54, 1.807) is 25.4 Å². The van der Waals surface area contributed by atoms with Crippen LogP contribution in [0.1, 0.15) is 0 Å². The third kappa shape index (κ3) is 3.12. The Hall–Kier alpha value is -4.00. The van der Waals surface area contributed by atoms with Crippen LogP contribution in [0, 0.1) is 5.82 Å². The number of aromatic nitrogens is 4. The van der Waals surface area contributed by atoms with Gasteiger partial charge in [-0.2, -0.15) is 5.10 Å². The normalized spacial score (nSPS) is 11.1. The summed E-state index contributed by atoms with van der Waals surface area (Å²) in [6, 6.07) is 18.0. The highest BCUT2D eigenvalue weighted by Crippen LogP contribution is 2.31. The van der Waals surface area contributed by atoms with E-state index in [9.17, 15) is 4.39 Å². The average Bonchev–Trinajstić information content (AvgIpc) is 3.21. The molecule has 0 saturated carbocycles. The lowest BCUT2D eigenvalue weighted by Crippen LogP contribution is -2.01. The van der Waals surface area contributed by atoms with Gasteiger partial charge in [0, 0.05) is 16.6 Å². The fraction of sp³-hybridized carbons (Fsp3) is 0.0455. The number of H-pyrrole nitrogens is 1. The summed E-state index contributed by atoms with van der Waals surface area (Å²) in [6.45, 7) is 0. The van der Waals surface area contributed by atoms with E-state index in [1.165, 1.54) is 6.07 Å². The van der Waals surface area contributed by atoms with Gasteiger partial charge in [0.2, 0.25) is 0 Å². The first-order valence-electron chi connectivity index (χ1n) is 9.02. The van der Waals surface area contributed by atoms with Gasteiger partial charge in [0.25, 0.3) is 0 Å². The van der Waals surface area contributed by atoms with Crippen LogP contribution in [0.5, 0.6) is 5.75 Å². The van der Waals surface area contributed by atoms with Crippen LogP contribution in [0.25, 0.3) is 33.2 Å². The number of aromatic amines is 1. The van der Waals surface area contributed by atoms with E-state index < -0.39 is 0 Å². The monoisotopic (exact) mass is 385 g/mol. The van der Waals surface area contributed by atoms with Gasteiger partial charge in [-0.25, -0.2) is 14.4 Å². The van der Waals surface area contributed by atoms with E-state index >= 15 is 0 Å². The Bertz CT molecular complexity index is 1350. The van der Waals surface area contributed by atoms with Crippen molar-refractivity contribution in [1.82, 2.24) is 20.2 Å². The highest BCUT2D eigenvalue weighted by molar-refractivity contribution is 5.93. The lowest BCUT2D eigenvalue weighted by molar-refractivity contribution is 0.415. The van der Waals surface area contributed by atoms with E-state index in [2.05, 4.69) is 25.5 Å². The zero-order valence-corrected chi connectivity index (χ0v) is 15.5. The summed E-state index contributed by atoms with van der Waals surface area (Å²) in [5, 5.41) is 11.5. The van der Waals surface area contributed by atoms with Crippen molar-refractivity contribution in [3.8, 4) is 17.1 Å². The van der Waals surface area contributed by atoms with Gasteiger partial charge in [0.1, 0.15) is 17.4 Å². The number of nitrogens with zero attached hydrogens (tertiary/aromatic N) is 3. The average molecular weight is 385 g/mol. The smallest absolute Gasteiger partial charge is 0.162 e. The summed E-state index contributed by atoms with van der Waals surface area (Å²) in [5.74, 6) is 1.19. The zero-order chi connectivity index (χ0) is 19.8. The molecule has 0 spiro atoms. The fourth-order valence-electron chi connectivity index (χ4n) is 3.28. The second-order valence-corrected chi connectivity index (χ2v) is 6.56. The molecular weight excluding hydrogens is 369 g/mol. The van der Waals surface area contributed by atoms with Crippen LogP contribution >= 0.6 is 0 Å². The van der Waals surface area contributed by atoms with Gasteiger partial charge in [-0.3, -0.25) is 5.10 Å². The number of methoxy groups -OCH3 is 1. The molecule has 2 N–H and O–H groups in total. The lowest BCUT2D eigenvalue weighted by atomic mass is 10.1. The zero-order valence-electron chi connectivity index (χ0n) is 15.5. The standard InChI is InChI=1S/C22H16FN5O/c1-29-16-5-2-4-13(11-16)21-26-19-7-3-6-17(23)20(19)22(27-21)25-15-8-9-18-14(10-15)12-24-28-18/h2-12H,1H3,(H,24,28)(H,25,26,27). The van der Waals surface area contributed by atoms with Gasteiger partial charge in [-0.05, 0) is 42.5 Å². The van der Waals surface area contributed by atoms with Crippen LogP contribution < -0.4 is 10.1 Å². The van der Waals surface area contributed by atoms with Gasteiger partial charge >= 0.3 is 0 Å². The molecule has 0 saturated heterocycles. The number of hydrogen-bond donors (Lipinski definition) is 2. The lowest BCUT2D eigenvalue weighted by Gasteiger charge is -2.12. The summed E-state index contributed by atoms with van der Waals surface area (Å²) in [7, 11) is 1.61. The molecule has 2 heterocycles. The van der Waals surface area contributed by atoms with E-state index in [-0.39, 0.29) is 5.82 Å². The van der Waals surface area contributed by atoms with Gasteiger partial charge in [0.05, 0.1) is 29.7 Å². The van der Waals surface area contributed by atoms with Crippen molar-refractivity contribution in [2.24, 2.45) is 0 Å². The van der Waals surface area contributed by atoms with Crippen molar-refractivity contribution < 1.29 is 9.13 Å². The molecule has 0 bridgehead atoms. The number of halogens is 1. The number of anilines is 2. The molecule has 2 aromatic heterocycles. The largest absolute Gasteiger partial charge is 0.497 e. The first-order chi connectivity index (χ1) is 14.2. The van der Waals surface area contributed by atoms with Crippen molar-refractivity contribution in [2.75, 3.05) is 12.4 Å². The summed E-state index contributed by atoms with van der Waals surface area (Å²) in [6.07, 6.45) is 1.74. The second kappa shape index (κ2) is 6.87. The van der Waals surface area contributed by atoms with Crippen LogP contribution in [0.3, 0.4) is 0 Å². The molecule has 0 aliphatic carbocycles. The molecule has 0 radical (unpaired) electrons. The topological polar surface area (TPSA) is 75.7 Å². The summed E-state index contributed by atoms with van der Waals surface area (Å²) >= 11 is 0. The first-order valence-corrected chi connectivity index (χ1v) is 9.02. The highest BCUT2D eigenvalue weighted by Gasteiger charge is 2.14. The maximum absolute atomic E-state index is 14.7.